The molecule has 0 atom stereocenters. The average molecular weight is 560 g/mol. The minimum absolute atomic E-state index is 0.0283. The van der Waals surface area contributed by atoms with Crippen molar-refractivity contribution in [2.75, 3.05) is 5.73 Å². The van der Waals surface area contributed by atoms with Crippen LogP contribution in [0.5, 0.6) is 0 Å². The normalized spacial score (nSPS) is 10.9. The molecule has 0 aromatic carbocycles. The molecular formula is C25H26F6N4O4. The van der Waals surface area contributed by atoms with Gasteiger partial charge in [0.2, 0.25) is 0 Å². The Hall–Kier alpha value is -4.23. The Morgan fingerprint density at radius 2 is 1.28 bits per heavy atom. The number of aromatic nitrogens is 3. The van der Waals surface area contributed by atoms with Gasteiger partial charge in [-0.2, -0.15) is 0 Å². The van der Waals surface area contributed by atoms with Gasteiger partial charge in [-0.1, -0.05) is 0 Å². The Morgan fingerprint density at radius 1 is 0.821 bits per heavy atom. The maximum absolute atomic E-state index is 12.4. The molecule has 0 spiro atoms. The number of rotatable bonds is 6. The number of pyridine rings is 3. The van der Waals surface area contributed by atoms with Crippen LogP contribution < -0.4 is 5.73 Å². The number of carbonyl (C=O) groups is 2. The molecule has 0 bridgehead atoms. The molecule has 3 rings (SSSR count). The van der Waals surface area contributed by atoms with E-state index in [1.54, 1.807) is 20.8 Å². The van der Waals surface area contributed by atoms with E-state index in [1.165, 1.54) is 30.6 Å². The van der Waals surface area contributed by atoms with E-state index >= 15 is 0 Å². The highest BCUT2D eigenvalue weighted by molar-refractivity contribution is 5.87. The predicted octanol–water partition coefficient (Wildman–Crippen LogP) is 6.22. The molecule has 0 fully saturated rings. The van der Waals surface area contributed by atoms with Gasteiger partial charge in [-0.05, 0) is 62.7 Å². The lowest BCUT2D eigenvalue weighted by atomic mass is 10.1. The number of esters is 1. The lowest BCUT2D eigenvalue weighted by Gasteiger charge is -2.19. The van der Waals surface area contributed by atoms with Crippen LogP contribution in [0.4, 0.5) is 32.0 Å². The average Bonchev–Trinajstić information content (AvgIpc) is 2.84. The van der Waals surface area contributed by atoms with Crippen molar-refractivity contribution < 1.29 is 45.8 Å². The summed E-state index contributed by atoms with van der Waals surface area (Å²) in [6.07, 6.45) is -4.36. The van der Waals surface area contributed by atoms with Gasteiger partial charge in [0.05, 0.1) is 12.0 Å². The highest BCUT2D eigenvalue weighted by Gasteiger charge is 2.17. The number of carboxylic acids is 1. The fourth-order valence-electron chi connectivity index (χ4n) is 2.55. The molecule has 0 saturated heterocycles. The van der Waals surface area contributed by atoms with Gasteiger partial charge in [0, 0.05) is 24.3 Å². The number of aromatic carboxylic acids is 1. The second-order valence-electron chi connectivity index (χ2n) is 8.54. The van der Waals surface area contributed by atoms with E-state index in [0.29, 0.717) is 11.3 Å². The highest BCUT2D eigenvalue weighted by atomic mass is 19.3. The number of hydrogen-bond acceptors (Lipinski definition) is 7. The molecule has 3 heterocycles. The van der Waals surface area contributed by atoms with Gasteiger partial charge in [-0.15, -0.1) is 0 Å². The fourth-order valence-corrected chi connectivity index (χ4v) is 2.55. The first-order chi connectivity index (χ1) is 18.1. The van der Waals surface area contributed by atoms with E-state index in [0.717, 1.165) is 24.4 Å². The van der Waals surface area contributed by atoms with Crippen molar-refractivity contribution in [2.24, 2.45) is 0 Å². The molecule has 0 aliphatic rings. The minimum atomic E-state index is -2.73. The van der Waals surface area contributed by atoms with Crippen LogP contribution in [0.3, 0.4) is 0 Å². The van der Waals surface area contributed by atoms with Gasteiger partial charge < -0.3 is 15.6 Å². The standard InChI is InChI=1S/C12H15F2NO2.C7H5F2NO2.C6H6F2N2/c1-12(2,3)17-10(16)7-8-4-5-15-9(6-8)11(13)14;8-6(9)5-3-4(7(11)12)1-2-10-5;7-6(8)5-3-4(9)1-2-10-5/h4-6,11H,7H2,1-3H3;1-3,6H,(H,11,12);1-3,6H,(H2,9,10). The number of ether oxygens (including phenoxy) is 1. The second kappa shape index (κ2) is 15.2. The van der Waals surface area contributed by atoms with Crippen LogP contribution in [-0.4, -0.2) is 37.6 Å². The molecule has 39 heavy (non-hydrogen) atoms. The highest BCUT2D eigenvalue weighted by Crippen LogP contribution is 2.19. The van der Waals surface area contributed by atoms with E-state index in [1.807, 2.05) is 0 Å². The van der Waals surface area contributed by atoms with Crippen molar-refractivity contribution in [2.45, 2.75) is 52.1 Å². The number of nitrogens with two attached hydrogens (primary N) is 1. The summed E-state index contributed by atoms with van der Waals surface area (Å²) < 4.78 is 77.4. The summed E-state index contributed by atoms with van der Waals surface area (Å²) in [4.78, 5) is 32.0. The van der Waals surface area contributed by atoms with Gasteiger partial charge >= 0.3 is 11.9 Å². The maximum Gasteiger partial charge on any atom is 0.335 e. The van der Waals surface area contributed by atoms with Gasteiger partial charge in [0.25, 0.3) is 19.3 Å². The predicted molar refractivity (Wildman–Crippen MR) is 129 cm³/mol. The molecule has 3 aromatic heterocycles. The minimum Gasteiger partial charge on any atom is -0.478 e. The van der Waals surface area contributed by atoms with Crippen molar-refractivity contribution in [1.29, 1.82) is 0 Å². The van der Waals surface area contributed by atoms with E-state index in [-0.39, 0.29) is 23.4 Å². The number of nitrogens with zero attached hydrogens (tertiary/aromatic N) is 3. The van der Waals surface area contributed by atoms with Crippen molar-refractivity contribution in [3.05, 3.63) is 83.2 Å². The van der Waals surface area contributed by atoms with E-state index < -0.39 is 42.5 Å². The van der Waals surface area contributed by atoms with Gasteiger partial charge in [-0.3, -0.25) is 19.7 Å². The summed E-state index contributed by atoms with van der Waals surface area (Å²) in [5.41, 5.74) is 4.13. The summed E-state index contributed by atoms with van der Waals surface area (Å²) in [6, 6.07) is 7.38. The van der Waals surface area contributed by atoms with Gasteiger partial charge in [-0.25, -0.2) is 31.1 Å². The first-order valence-corrected chi connectivity index (χ1v) is 11.0. The third-order valence-corrected chi connectivity index (χ3v) is 4.12. The summed E-state index contributed by atoms with van der Waals surface area (Å²) >= 11 is 0. The molecule has 0 saturated carbocycles. The molecule has 3 N–H and O–H groups in total. The molecule has 14 heteroatoms. The van der Waals surface area contributed by atoms with Crippen LogP contribution in [0.15, 0.2) is 55.0 Å². The molecular weight excluding hydrogens is 534 g/mol. The van der Waals surface area contributed by atoms with E-state index in [4.69, 9.17) is 15.6 Å². The zero-order valence-electron chi connectivity index (χ0n) is 21.0. The SMILES string of the molecule is CC(C)(C)OC(=O)Cc1ccnc(C(F)F)c1.Nc1ccnc(C(F)F)c1.O=C(O)c1ccnc(C(F)F)c1. The molecule has 0 aliphatic carbocycles. The molecule has 212 valence electrons. The summed E-state index contributed by atoms with van der Waals surface area (Å²) in [5, 5.41) is 8.42. The Kier molecular flexibility index (Phi) is 12.8. The van der Waals surface area contributed by atoms with Crippen LogP contribution >= 0.6 is 0 Å². The lowest BCUT2D eigenvalue weighted by molar-refractivity contribution is -0.153. The quantitative estimate of drug-likeness (QED) is 0.269. The zero-order chi connectivity index (χ0) is 29.8. The largest absolute Gasteiger partial charge is 0.478 e. The second-order valence-corrected chi connectivity index (χ2v) is 8.54. The van der Waals surface area contributed by atoms with Crippen LogP contribution in [-0.2, 0) is 16.0 Å². The summed E-state index contributed by atoms with van der Waals surface area (Å²) in [7, 11) is 0. The molecule has 3 aromatic rings. The number of hydrogen-bond donors (Lipinski definition) is 2. The van der Waals surface area contributed by atoms with Crippen LogP contribution in [0.2, 0.25) is 0 Å². The number of anilines is 1. The van der Waals surface area contributed by atoms with Crippen LogP contribution in [0.25, 0.3) is 0 Å². The summed E-state index contributed by atoms with van der Waals surface area (Å²) in [5.74, 6) is -1.68. The monoisotopic (exact) mass is 560 g/mol. The third kappa shape index (κ3) is 13.2. The Labute approximate surface area is 219 Å². The van der Waals surface area contributed by atoms with Crippen molar-refractivity contribution >= 4 is 17.6 Å². The Bertz CT molecular complexity index is 1220. The van der Waals surface area contributed by atoms with Crippen LogP contribution in [0.1, 0.15) is 73.1 Å². The topological polar surface area (TPSA) is 128 Å². The van der Waals surface area contributed by atoms with Gasteiger partial charge in [0.1, 0.15) is 22.7 Å². The number of carbonyl (C=O) groups excluding carboxylic acids is 1. The Balaban J connectivity index is 0.000000305. The third-order valence-electron chi connectivity index (χ3n) is 4.12. The van der Waals surface area contributed by atoms with Crippen LogP contribution in [0, 0.1) is 0 Å². The first-order valence-electron chi connectivity index (χ1n) is 11.0. The van der Waals surface area contributed by atoms with Gasteiger partial charge in [0.15, 0.2) is 0 Å². The number of nitrogen functional groups attached to an aromatic ring is 1. The Morgan fingerprint density at radius 3 is 1.72 bits per heavy atom. The maximum atomic E-state index is 12.4. The number of halogens is 6. The first kappa shape index (κ1) is 32.8. The van der Waals surface area contributed by atoms with E-state index in [9.17, 15) is 35.9 Å². The molecule has 0 aliphatic heterocycles. The molecule has 0 amide bonds. The smallest absolute Gasteiger partial charge is 0.335 e. The molecule has 0 unspecified atom stereocenters. The summed E-state index contributed by atoms with van der Waals surface area (Å²) in [6.45, 7) is 5.26. The number of carboxylic acid groups (broad SMARTS) is 1. The molecule has 8 nitrogen and oxygen atoms in total. The molecule has 0 radical (unpaired) electrons. The van der Waals surface area contributed by atoms with Crippen molar-refractivity contribution in [3.63, 3.8) is 0 Å². The van der Waals surface area contributed by atoms with Crippen molar-refractivity contribution in [1.82, 2.24) is 15.0 Å². The number of alkyl halides is 6. The lowest BCUT2D eigenvalue weighted by Crippen LogP contribution is -2.24. The van der Waals surface area contributed by atoms with E-state index in [2.05, 4.69) is 15.0 Å². The van der Waals surface area contributed by atoms with Crippen molar-refractivity contribution in [3.8, 4) is 0 Å². The fraction of sp³-hybridized carbons (Fsp3) is 0.320. The zero-order valence-corrected chi connectivity index (χ0v) is 21.0.